The fourth-order valence-corrected chi connectivity index (χ4v) is 3.94. The van der Waals surface area contributed by atoms with E-state index in [9.17, 15) is 14.7 Å². The van der Waals surface area contributed by atoms with Crippen molar-refractivity contribution in [3.05, 3.63) is 45.7 Å². The van der Waals surface area contributed by atoms with Gasteiger partial charge in [0, 0.05) is 19.1 Å². The second kappa shape index (κ2) is 10.2. The Bertz CT molecular complexity index is 947. The highest BCUT2D eigenvalue weighted by Gasteiger charge is 2.29. The Morgan fingerprint density at radius 1 is 1.22 bits per heavy atom. The highest BCUT2D eigenvalue weighted by atomic mass is 35.5. The maximum absolute atomic E-state index is 12.8. The molecule has 1 aromatic carbocycles. The number of piperidine rings is 1. The van der Waals surface area contributed by atoms with E-state index in [2.05, 4.69) is 20.8 Å². The van der Waals surface area contributed by atoms with Gasteiger partial charge in [0.1, 0.15) is 5.69 Å². The van der Waals surface area contributed by atoms with Crippen LogP contribution in [0.25, 0.3) is 0 Å². The number of hydrogen-bond acceptors (Lipinski definition) is 6. The minimum Gasteiger partial charge on any atom is -0.356 e. The van der Waals surface area contributed by atoms with Gasteiger partial charge >= 0.3 is 0 Å². The summed E-state index contributed by atoms with van der Waals surface area (Å²) in [5.41, 5.74) is 0.00178. The molecule has 1 unspecified atom stereocenters. The first kappa shape index (κ1) is 24.5. The van der Waals surface area contributed by atoms with Crippen molar-refractivity contribution in [2.45, 2.75) is 51.7 Å². The van der Waals surface area contributed by atoms with E-state index in [-0.39, 0.29) is 33.0 Å². The molecule has 174 valence electrons. The van der Waals surface area contributed by atoms with Gasteiger partial charge < -0.3 is 20.5 Å². The number of rotatable bonds is 6. The van der Waals surface area contributed by atoms with Crippen molar-refractivity contribution in [2.75, 3.05) is 18.4 Å². The quantitative estimate of drug-likeness (QED) is 0.468. The predicted octanol–water partition coefficient (Wildman–Crippen LogP) is 3.25. The Morgan fingerprint density at radius 3 is 2.44 bits per heavy atom. The topological polar surface area (TPSA) is 120 Å². The van der Waals surface area contributed by atoms with Crippen molar-refractivity contribution in [3.63, 3.8) is 0 Å². The van der Waals surface area contributed by atoms with Gasteiger partial charge in [0.15, 0.2) is 0 Å². The SMILES string of the molecule is CC(C)(C)OC(O)N1CCC(NC(=O)c2[nH]ncc2NC(=O)c2c(Cl)cccc2Cl)CC1. The van der Waals surface area contributed by atoms with Crippen LogP contribution in [0.3, 0.4) is 0 Å². The molecule has 32 heavy (non-hydrogen) atoms. The molecule has 0 bridgehead atoms. The minimum absolute atomic E-state index is 0.0922. The third-order valence-corrected chi connectivity index (χ3v) is 5.57. The summed E-state index contributed by atoms with van der Waals surface area (Å²) in [7, 11) is 0. The monoisotopic (exact) mass is 483 g/mol. The zero-order valence-corrected chi connectivity index (χ0v) is 19.6. The summed E-state index contributed by atoms with van der Waals surface area (Å²) in [6, 6.07) is 4.66. The number of aliphatic hydroxyl groups excluding tert-OH is 1. The van der Waals surface area contributed by atoms with Gasteiger partial charge in [-0.3, -0.25) is 19.6 Å². The van der Waals surface area contributed by atoms with Crippen molar-refractivity contribution in [2.24, 2.45) is 0 Å². The van der Waals surface area contributed by atoms with Crippen LogP contribution in [0.4, 0.5) is 5.69 Å². The Kier molecular flexibility index (Phi) is 7.79. The number of aliphatic hydroxyl groups is 1. The van der Waals surface area contributed by atoms with E-state index in [1.807, 2.05) is 25.7 Å². The molecule has 1 aliphatic rings. The number of aromatic amines is 1. The standard InChI is InChI=1S/C21H27Cl2N5O4/c1-21(2,3)32-20(31)28-9-7-12(8-10-28)25-19(30)17-15(11-24-27-17)26-18(29)16-13(22)5-4-6-14(16)23/h4-6,11-12,20,31H,7-10H2,1-3H3,(H,24,27)(H,25,30)(H,26,29). The van der Waals surface area contributed by atoms with Crippen LogP contribution in [0, 0.1) is 0 Å². The average Bonchev–Trinajstić information content (AvgIpc) is 3.15. The second-order valence-corrected chi connectivity index (χ2v) is 9.36. The van der Waals surface area contributed by atoms with Crippen molar-refractivity contribution in [3.8, 4) is 0 Å². The third-order valence-electron chi connectivity index (χ3n) is 4.94. The molecule has 9 nitrogen and oxygen atoms in total. The Morgan fingerprint density at radius 2 is 1.84 bits per heavy atom. The maximum Gasteiger partial charge on any atom is 0.271 e. The Hall–Kier alpha value is -2.17. The molecule has 1 saturated heterocycles. The molecule has 1 aromatic heterocycles. The number of carbonyl (C=O) groups excluding carboxylic acids is 2. The number of carbonyl (C=O) groups is 2. The summed E-state index contributed by atoms with van der Waals surface area (Å²) >= 11 is 12.2. The van der Waals surface area contributed by atoms with Gasteiger partial charge in [0.05, 0.1) is 33.1 Å². The number of hydrogen-bond donors (Lipinski definition) is 4. The number of halogens is 2. The predicted molar refractivity (Wildman–Crippen MR) is 122 cm³/mol. The van der Waals surface area contributed by atoms with Crippen molar-refractivity contribution >= 4 is 40.7 Å². The summed E-state index contributed by atoms with van der Waals surface area (Å²) in [5, 5.41) is 22.7. The number of nitrogens with zero attached hydrogens (tertiary/aromatic N) is 2. The van der Waals surface area contributed by atoms with Crippen molar-refractivity contribution in [1.82, 2.24) is 20.4 Å². The fourth-order valence-electron chi connectivity index (χ4n) is 3.37. The number of likely N-dealkylation sites (tertiary alicyclic amines) is 1. The lowest BCUT2D eigenvalue weighted by Gasteiger charge is -2.37. The number of nitrogens with one attached hydrogen (secondary N) is 3. The van der Waals surface area contributed by atoms with Crippen LogP contribution in [0.1, 0.15) is 54.5 Å². The summed E-state index contributed by atoms with van der Waals surface area (Å²) in [4.78, 5) is 27.2. The third kappa shape index (κ3) is 6.20. The number of amides is 2. The number of ether oxygens (including phenoxy) is 1. The van der Waals surface area contributed by atoms with Crippen LogP contribution >= 0.6 is 23.2 Å². The van der Waals surface area contributed by atoms with E-state index < -0.39 is 23.8 Å². The molecule has 2 aromatic rings. The van der Waals surface area contributed by atoms with Crippen LogP contribution in [0.15, 0.2) is 24.4 Å². The lowest BCUT2D eigenvalue weighted by molar-refractivity contribution is -0.242. The second-order valence-electron chi connectivity index (χ2n) is 8.55. The van der Waals surface area contributed by atoms with Crippen LogP contribution in [0.2, 0.25) is 10.0 Å². The molecule has 11 heteroatoms. The highest BCUT2D eigenvalue weighted by Crippen LogP contribution is 2.26. The summed E-state index contributed by atoms with van der Waals surface area (Å²) in [5.74, 6) is -0.940. The molecule has 4 N–H and O–H groups in total. The number of anilines is 1. The largest absolute Gasteiger partial charge is 0.356 e. The molecule has 1 aliphatic heterocycles. The molecular formula is C21H27Cl2N5O4. The first-order valence-electron chi connectivity index (χ1n) is 10.2. The Labute approximate surface area is 196 Å². The van der Waals surface area contributed by atoms with Crippen LogP contribution < -0.4 is 10.6 Å². The summed E-state index contributed by atoms with van der Waals surface area (Å²) in [6.07, 6.45) is 1.64. The molecule has 0 aliphatic carbocycles. The fraction of sp³-hybridized carbons (Fsp3) is 0.476. The van der Waals surface area contributed by atoms with Crippen LogP contribution in [-0.2, 0) is 4.74 Å². The first-order valence-corrected chi connectivity index (χ1v) is 11.0. The van der Waals surface area contributed by atoms with Crippen molar-refractivity contribution < 1.29 is 19.4 Å². The van der Waals surface area contributed by atoms with Gasteiger partial charge in [-0.2, -0.15) is 5.10 Å². The molecule has 2 heterocycles. The molecule has 0 radical (unpaired) electrons. The van der Waals surface area contributed by atoms with Gasteiger partial charge in [-0.15, -0.1) is 0 Å². The van der Waals surface area contributed by atoms with Gasteiger partial charge in [-0.1, -0.05) is 29.3 Å². The molecule has 3 rings (SSSR count). The Balaban J connectivity index is 1.58. The average molecular weight is 484 g/mol. The molecule has 1 atom stereocenters. The molecule has 2 amide bonds. The zero-order valence-electron chi connectivity index (χ0n) is 18.1. The van der Waals surface area contributed by atoms with E-state index in [1.54, 1.807) is 18.2 Å². The van der Waals surface area contributed by atoms with Gasteiger partial charge in [0.25, 0.3) is 11.8 Å². The summed E-state index contributed by atoms with van der Waals surface area (Å²) in [6.45, 7) is 6.77. The molecule has 0 spiro atoms. The van der Waals surface area contributed by atoms with E-state index in [4.69, 9.17) is 27.9 Å². The number of H-pyrrole nitrogens is 1. The van der Waals surface area contributed by atoms with Gasteiger partial charge in [0.2, 0.25) is 6.41 Å². The van der Waals surface area contributed by atoms with Crippen molar-refractivity contribution in [1.29, 1.82) is 0 Å². The highest BCUT2D eigenvalue weighted by molar-refractivity contribution is 6.40. The van der Waals surface area contributed by atoms with Gasteiger partial charge in [-0.25, -0.2) is 0 Å². The van der Waals surface area contributed by atoms with E-state index in [1.165, 1.54) is 6.20 Å². The van der Waals surface area contributed by atoms with E-state index >= 15 is 0 Å². The summed E-state index contributed by atoms with van der Waals surface area (Å²) < 4.78 is 5.58. The molecular weight excluding hydrogens is 457 g/mol. The number of aromatic nitrogens is 2. The minimum atomic E-state index is -0.988. The molecule has 0 saturated carbocycles. The van der Waals surface area contributed by atoms with Gasteiger partial charge in [-0.05, 0) is 45.7 Å². The number of benzene rings is 1. The maximum atomic E-state index is 12.8. The first-order chi connectivity index (χ1) is 15.0. The lowest BCUT2D eigenvalue weighted by Crippen LogP contribution is -2.50. The van der Waals surface area contributed by atoms with E-state index in [0.717, 1.165) is 0 Å². The van der Waals surface area contributed by atoms with E-state index in [0.29, 0.717) is 25.9 Å². The molecule has 1 fully saturated rings. The smallest absolute Gasteiger partial charge is 0.271 e. The van der Waals surface area contributed by atoms with Crippen LogP contribution in [0.5, 0.6) is 0 Å². The van der Waals surface area contributed by atoms with Crippen LogP contribution in [-0.4, -0.2) is 63.2 Å². The lowest BCUT2D eigenvalue weighted by atomic mass is 10.1. The zero-order chi connectivity index (χ0) is 23.5. The normalized spacial score (nSPS) is 16.6.